The molecule has 7 heteroatoms. The van der Waals surface area contributed by atoms with E-state index in [1.165, 1.54) is 0 Å². The molecule has 0 aliphatic rings. The van der Waals surface area contributed by atoms with Gasteiger partial charge >= 0.3 is 5.97 Å². The Kier molecular flexibility index (Phi) is 10.7. The molecule has 0 atom stereocenters. The van der Waals surface area contributed by atoms with Crippen molar-refractivity contribution in [2.75, 3.05) is 26.2 Å². The third-order valence-electron chi connectivity index (χ3n) is 7.48. The normalized spacial score (nSPS) is 11.2. The number of hydrogen-bond donors (Lipinski definition) is 1. The number of aromatic carboxylic acids is 1. The lowest BCUT2D eigenvalue weighted by Gasteiger charge is -2.17. The van der Waals surface area contributed by atoms with Gasteiger partial charge in [0.1, 0.15) is 11.6 Å². The molecular weight excluding hydrogens is 512 g/mol. The maximum Gasteiger partial charge on any atom is 0.335 e. The van der Waals surface area contributed by atoms with Gasteiger partial charge in [0.2, 0.25) is 0 Å². The molecule has 216 valence electrons. The Labute approximate surface area is 243 Å². The van der Waals surface area contributed by atoms with E-state index >= 15 is 0 Å². The Hall–Kier alpha value is -3.97. The van der Waals surface area contributed by atoms with Crippen LogP contribution in [0.5, 0.6) is 5.75 Å². The molecule has 0 spiro atoms. The zero-order valence-corrected chi connectivity index (χ0v) is 24.8. The number of unbranched alkanes of at least 4 members (excludes halogenated alkanes) is 1. The van der Waals surface area contributed by atoms with E-state index < -0.39 is 5.97 Å². The lowest BCUT2D eigenvalue weighted by molar-refractivity contribution is 0.0696. The first-order valence-electron chi connectivity index (χ1n) is 14.9. The second-order valence-corrected chi connectivity index (χ2v) is 10.2. The Morgan fingerprint density at radius 3 is 2.24 bits per heavy atom. The van der Waals surface area contributed by atoms with Crippen molar-refractivity contribution in [3.8, 4) is 34.0 Å². The van der Waals surface area contributed by atoms with Gasteiger partial charge in [-0.1, -0.05) is 52.3 Å². The van der Waals surface area contributed by atoms with Crippen molar-refractivity contribution in [2.45, 2.75) is 59.8 Å². The zero-order valence-electron chi connectivity index (χ0n) is 24.8. The summed E-state index contributed by atoms with van der Waals surface area (Å²) in [5, 5.41) is 14.3. The van der Waals surface area contributed by atoms with Crippen molar-refractivity contribution < 1.29 is 14.6 Å². The van der Waals surface area contributed by atoms with Crippen LogP contribution in [0.1, 0.15) is 68.7 Å². The first-order chi connectivity index (χ1) is 20.0. The molecule has 0 aliphatic heterocycles. The number of nitrogens with zero attached hydrogens (tertiary/aromatic N) is 4. The minimum atomic E-state index is -0.906. The van der Waals surface area contributed by atoms with Gasteiger partial charge in [-0.3, -0.25) is 0 Å². The average Bonchev–Trinajstić information content (AvgIpc) is 3.44. The molecule has 41 heavy (non-hydrogen) atoms. The zero-order chi connectivity index (χ0) is 29.2. The van der Waals surface area contributed by atoms with E-state index in [0.29, 0.717) is 18.0 Å². The van der Waals surface area contributed by atoms with E-state index in [1.807, 2.05) is 41.9 Å². The van der Waals surface area contributed by atoms with Crippen LogP contribution in [0.2, 0.25) is 0 Å². The fourth-order valence-electron chi connectivity index (χ4n) is 4.97. The molecule has 0 aliphatic carbocycles. The highest BCUT2D eigenvalue weighted by Gasteiger charge is 2.15. The molecule has 0 saturated heterocycles. The van der Waals surface area contributed by atoms with E-state index in [9.17, 15) is 9.90 Å². The number of ether oxygens (including phenoxy) is 1. The molecule has 0 unspecified atom stereocenters. The van der Waals surface area contributed by atoms with Crippen LogP contribution in [-0.2, 0) is 12.8 Å². The van der Waals surface area contributed by atoms with Crippen LogP contribution in [-0.4, -0.2) is 57.0 Å². The summed E-state index contributed by atoms with van der Waals surface area (Å²) in [6, 6.07) is 21.6. The smallest absolute Gasteiger partial charge is 0.335 e. The molecule has 1 N–H and O–H groups in total. The van der Waals surface area contributed by atoms with Crippen molar-refractivity contribution in [1.82, 2.24) is 19.7 Å². The second kappa shape index (κ2) is 14.6. The number of aryl methyl sites for hydroxylation is 2. The summed E-state index contributed by atoms with van der Waals surface area (Å²) in [5.41, 5.74) is 5.33. The summed E-state index contributed by atoms with van der Waals surface area (Å²) in [6.07, 6.45) is 4.71. The van der Waals surface area contributed by atoms with Crippen LogP contribution < -0.4 is 4.74 Å². The summed E-state index contributed by atoms with van der Waals surface area (Å²) in [7, 11) is 0. The molecule has 0 amide bonds. The quantitative estimate of drug-likeness (QED) is 0.155. The van der Waals surface area contributed by atoms with Gasteiger partial charge in [0.15, 0.2) is 5.82 Å². The van der Waals surface area contributed by atoms with Crippen molar-refractivity contribution in [2.24, 2.45) is 0 Å². The molecule has 3 aromatic carbocycles. The van der Waals surface area contributed by atoms with Crippen LogP contribution in [0, 0.1) is 0 Å². The number of aromatic nitrogens is 3. The predicted molar refractivity (Wildman–Crippen MR) is 165 cm³/mol. The first kappa shape index (κ1) is 30.0. The van der Waals surface area contributed by atoms with Gasteiger partial charge in [-0.15, -0.1) is 5.10 Å². The average molecular weight is 555 g/mol. The summed E-state index contributed by atoms with van der Waals surface area (Å²) in [5.74, 6) is 1.59. The minimum absolute atomic E-state index is 0.313. The molecule has 1 aromatic heterocycles. The molecule has 4 rings (SSSR count). The number of carboxylic acids is 1. The Morgan fingerprint density at radius 1 is 0.902 bits per heavy atom. The van der Waals surface area contributed by atoms with Gasteiger partial charge in [0.25, 0.3) is 0 Å². The third kappa shape index (κ3) is 7.61. The van der Waals surface area contributed by atoms with Crippen molar-refractivity contribution in [3.63, 3.8) is 0 Å². The lowest BCUT2D eigenvalue weighted by Crippen LogP contribution is -2.25. The Balaban J connectivity index is 1.52. The van der Waals surface area contributed by atoms with Crippen LogP contribution in [0.3, 0.4) is 0 Å². The fourth-order valence-corrected chi connectivity index (χ4v) is 4.97. The van der Waals surface area contributed by atoms with E-state index in [2.05, 4.69) is 49.9 Å². The van der Waals surface area contributed by atoms with Gasteiger partial charge in [-0.05, 0) is 97.6 Å². The van der Waals surface area contributed by atoms with E-state index in [4.69, 9.17) is 14.8 Å². The molecular formula is C34H42N4O3. The second-order valence-electron chi connectivity index (χ2n) is 10.2. The maximum atomic E-state index is 11.4. The van der Waals surface area contributed by atoms with E-state index in [1.54, 1.807) is 12.1 Å². The molecule has 1 heterocycles. The standard InChI is InChI=1S/C34H42N4O3/c1-5-9-11-32-35-33(27-14-19-30(20-15-27)41-23-10-22-37(7-3)8-4)36-38(32)29-17-12-26(13-18-29)31-21-16-28(34(39)40)24-25(31)6-2/h12-21,24H,5-11,22-23H2,1-4H3,(H,39,40). The highest BCUT2D eigenvalue weighted by atomic mass is 16.5. The Bertz CT molecular complexity index is 1410. The molecule has 4 aromatic rings. The minimum Gasteiger partial charge on any atom is -0.494 e. The number of carbonyl (C=O) groups is 1. The summed E-state index contributed by atoms with van der Waals surface area (Å²) < 4.78 is 7.91. The van der Waals surface area contributed by atoms with Crippen LogP contribution in [0.15, 0.2) is 66.7 Å². The SMILES string of the molecule is CCCCc1nc(-c2ccc(OCCCN(CC)CC)cc2)nn1-c1ccc(-c2ccc(C(=O)O)cc2CC)cc1. The Morgan fingerprint density at radius 2 is 1.61 bits per heavy atom. The molecule has 7 nitrogen and oxygen atoms in total. The van der Waals surface area contributed by atoms with E-state index in [0.717, 1.165) is 91.3 Å². The van der Waals surface area contributed by atoms with Crippen LogP contribution in [0.25, 0.3) is 28.2 Å². The number of rotatable bonds is 15. The topological polar surface area (TPSA) is 80.5 Å². The number of benzene rings is 3. The highest BCUT2D eigenvalue weighted by molar-refractivity contribution is 5.89. The van der Waals surface area contributed by atoms with Crippen molar-refractivity contribution >= 4 is 5.97 Å². The predicted octanol–water partition coefficient (Wildman–Crippen LogP) is 7.32. The number of carboxylic acid groups (broad SMARTS) is 1. The molecule has 0 fully saturated rings. The number of hydrogen-bond acceptors (Lipinski definition) is 5. The first-order valence-corrected chi connectivity index (χ1v) is 14.9. The maximum absolute atomic E-state index is 11.4. The third-order valence-corrected chi connectivity index (χ3v) is 7.48. The van der Waals surface area contributed by atoms with Crippen LogP contribution in [0.4, 0.5) is 0 Å². The van der Waals surface area contributed by atoms with Crippen molar-refractivity contribution in [1.29, 1.82) is 0 Å². The van der Waals surface area contributed by atoms with Gasteiger partial charge < -0.3 is 14.7 Å². The molecule has 0 saturated carbocycles. The van der Waals surface area contributed by atoms with Gasteiger partial charge in [0, 0.05) is 18.5 Å². The van der Waals surface area contributed by atoms with Gasteiger partial charge in [0.05, 0.1) is 17.9 Å². The summed E-state index contributed by atoms with van der Waals surface area (Å²) >= 11 is 0. The van der Waals surface area contributed by atoms with Gasteiger partial charge in [-0.25, -0.2) is 14.5 Å². The molecule has 0 bridgehead atoms. The highest BCUT2D eigenvalue weighted by Crippen LogP contribution is 2.28. The monoisotopic (exact) mass is 554 g/mol. The summed E-state index contributed by atoms with van der Waals surface area (Å²) in [4.78, 5) is 18.7. The largest absolute Gasteiger partial charge is 0.494 e. The van der Waals surface area contributed by atoms with Crippen LogP contribution >= 0.6 is 0 Å². The molecule has 0 radical (unpaired) electrons. The van der Waals surface area contributed by atoms with E-state index in [-0.39, 0.29) is 0 Å². The summed E-state index contributed by atoms with van der Waals surface area (Å²) in [6.45, 7) is 12.5. The lowest BCUT2D eigenvalue weighted by atomic mass is 9.96. The van der Waals surface area contributed by atoms with Crippen molar-refractivity contribution in [3.05, 3.63) is 83.7 Å². The van der Waals surface area contributed by atoms with Gasteiger partial charge in [-0.2, -0.15) is 0 Å². The fraction of sp³-hybridized carbons (Fsp3) is 0.382.